The first-order valence-electron chi connectivity index (χ1n) is 6.90. The van der Waals surface area contributed by atoms with Gasteiger partial charge in [0.2, 0.25) is 0 Å². The van der Waals surface area contributed by atoms with Crippen molar-refractivity contribution in [1.82, 2.24) is 19.6 Å². The van der Waals surface area contributed by atoms with Crippen molar-refractivity contribution in [3.05, 3.63) is 34.9 Å². The zero-order chi connectivity index (χ0) is 18.2. The summed E-state index contributed by atoms with van der Waals surface area (Å²) in [5.74, 6) is -2.17. The molecule has 0 N–H and O–H groups in total. The molecule has 24 heavy (non-hydrogen) atoms. The molecule has 0 saturated heterocycles. The minimum Gasteiger partial charge on any atom is -0.550 e. The van der Waals surface area contributed by atoms with Crippen molar-refractivity contribution >= 4 is 11.9 Å². The van der Waals surface area contributed by atoms with Crippen molar-refractivity contribution in [3.63, 3.8) is 0 Å². The van der Waals surface area contributed by atoms with Gasteiger partial charge in [0.05, 0.1) is 11.4 Å². The van der Waals surface area contributed by atoms with Gasteiger partial charge >= 0.3 is 19.5 Å². The van der Waals surface area contributed by atoms with E-state index in [0.29, 0.717) is 6.67 Å². The Kier molecular flexibility index (Phi) is 11.6. The Labute approximate surface area is 154 Å². The molecule has 9 heteroatoms. The van der Waals surface area contributed by atoms with Crippen molar-refractivity contribution in [2.45, 2.75) is 48.2 Å². The van der Waals surface area contributed by atoms with Gasteiger partial charge < -0.3 is 19.8 Å². The molecule has 0 aliphatic heterocycles. The number of rotatable bonds is 2. The maximum atomic E-state index is 8.89. The third kappa shape index (κ3) is 10.7. The summed E-state index contributed by atoms with van der Waals surface area (Å²) in [5, 5.41) is 26.6. The number of aliphatic carboxylic acids is 2. The monoisotopic (exact) mass is 386 g/mol. The smallest absolute Gasteiger partial charge is 0.550 e. The van der Waals surface area contributed by atoms with Gasteiger partial charge in [-0.05, 0) is 53.7 Å². The molecule has 0 amide bonds. The Bertz CT molecular complexity index is 600. The summed E-state index contributed by atoms with van der Waals surface area (Å²) in [4.78, 5) is 17.8. The van der Waals surface area contributed by atoms with Crippen LogP contribution >= 0.6 is 0 Å². The zero-order valence-corrected chi connectivity index (χ0v) is 18.0. The van der Waals surface area contributed by atoms with Crippen LogP contribution in [0, 0.1) is 27.7 Å². The second kappa shape index (κ2) is 11.5. The normalized spacial score (nSPS) is 8.92. The molecule has 0 aromatic carbocycles. The van der Waals surface area contributed by atoms with Gasteiger partial charge in [0.1, 0.15) is 6.67 Å². The van der Waals surface area contributed by atoms with Gasteiger partial charge in [-0.1, -0.05) is 0 Å². The van der Waals surface area contributed by atoms with Crippen LogP contribution in [-0.2, 0) is 35.7 Å². The van der Waals surface area contributed by atoms with E-state index in [0.717, 1.165) is 25.2 Å². The van der Waals surface area contributed by atoms with Crippen molar-refractivity contribution in [1.29, 1.82) is 0 Å². The number of carboxylic acids is 2. The third-order valence-corrected chi connectivity index (χ3v) is 2.47. The topological polar surface area (TPSA) is 116 Å². The zero-order valence-electron chi connectivity index (χ0n) is 15.0. The molecule has 0 spiro atoms. The molecule has 0 aliphatic rings. The Morgan fingerprint density at radius 2 is 1.12 bits per heavy atom. The maximum Gasteiger partial charge on any atom is 2.00 e. The number of carboxylic acid groups (broad SMARTS) is 2. The molecule has 0 fully saturated rings. The predicted octanol–water partition coefficient (Wildman–Crippen LogP) is -0.671. The number of aromatic nitrogens is 4. The van der Waals surface area contributed by atoms with Crippen LogP contribution < -0.4 is 10.2 Å². The first kappa shape index (κ1) is 24.2. The Hall–Kier alpha value is -2.02. The van der Waals surface area contributed by atoms with Gasteiger partial charge in [0.15, 0.2) is 0 Å². The molecule has 0 unspecified atom stereocenters. The molecule has 0 bridgehead atoms. The van der Waals surface area contributed by atoms with Gasteiger partial charge in [-0.2, -0.15) is 10.2 Å². The number of carbonyl (C=O) groups excluding carboxylic acids is 2. The first-order valence-corrected chi connectivity index (χ1v) is 6.90. The van der Waals surface area contributed by atoms with E-state index in [4.69, 9.17) is 19.8 Å². The Balaban J connectivity index is 0. The van der Waals surface area contributed by atoms with Gasteiger partial charge in [-0.25, -0.2) is 9.36 Å². The van der Waals surface area contributed by atoms with Crippen LogP contribution in [0.15, 0.2) is 12.1 Å². The standard InChI is InChI=1S/C11H16N4.2C2H4O2.Zn/c1-8-5-10(3)14(12-8)7-15-11(4)6-9(2)13-15;2*1-2(3)4;/h5-6H,7H2,1-4H3;2*1H3,(H,3,4);/q;;;+2/p-2. The van der Waals surface area contributed by atoms with E-state index in [9.17, 15) is 0 Å². The second-order valence-corrected chi connectivity index (χ2v) is 4.98. The molecule has 0 saturated carbocycles. The van der Waals surface area contributed by atoms with Crippen molar-refractivity contribution < 1.29 is 39.3 Å². The average Bonchev–Trinajstić information content (AvgIpc) is 2.81. The largest absolute Gasteiger partial charge is 2.00 e. The predicted molar refractivity (Wildman–Crippen MR) is 80.2 cm³/mol. The Morgan fingerprint density at radius 3 is 1.29 bits per heavy atom. The molecular formula is C15H22N4O4Zn. The molecule has 0 atom stereocenters. The molecule has 8 nitrogen and oxygen atoms in total. The van der Waals surface area contributed by atoms with Gasteiger partial charge in [0, 0.05) is 23.3 Å². The molecule has 2 aromatic rings. The first-order chi connectivity index (χ1) is 10.5. The Morgan fingerprint density at radius 1 is 0.875 bits per heavy atom. The van der Waals surface area contributed by atoms with Crippen molar-refractivity contribution in [2.75, 3.05) is 0 Å². The number of nitrogens with zero attached hydrogens (tertiary/aromatic N) is 4. The molecule has 128 valence electrons. The minimum absolute atomic E-state index is 0. The summed E-state index contributed by atoms with van der Waals surface area (Å²) in [6, 6.07) is 4.15. The second-order valence-electron chi connectivity index (χ2n) is 4.98. The summed E-state index contributed by atoms with van der Waals surface area (Å²) < 4.78 is 3.93. The quantitative estimate of drug-likeness (QED) is 0.631. The van der Waals surface area contributed by atoms with Crippen LogP contribution in [0.1, 0.15) is 36.6 Å². The molecular weight excluding hydrogens is 366 g/mol. The van der Waals surface area contributed by atoms with Gasteiger partial charge in [-0.15, -0.1) is 0 Å². The van der Waals surface area contributed by atoms with Crippen LogP contribution in [0.3, 0.4) is 0 Å². The molecule has 2 rings (SSSR count). The minimum atomic E-state index is -1.08. The summed E-state index contributed by atoms with van der Waals surface area (Å²) in [7, 11) is 0. The fourth-order valence-corrected chi connectivity index (χ4v) is 1.76. The van der Waals surface area contributed by atoms with Gasteiger partial charge in [0.25, 0.3) is 0 Å². The molecule has 0 radical (unpaired) electrons. The number of hydrogen-bond donors (Lipinski definition) is 0. The number of carbonyl (C=O) groups is 2. The van der Waals surface area contributed by atoms with E-state index in [2.05, 4.69) is 36.2 Å². The fraction of sp³-hybridized carbons (Fsp3) is 0.467. The van der Waals surface area contributed by atoms with E-state index < -0.39 is 11.9 Å². The van der Waals surface area contributed by atoms with E-state index in [1.807, 2.05) is 23.2 Å². The maximum absolute atomic E-state index is 8.89. The molecule has 2 heterocycles. The summed E-state index contributed by atoms with van der Waals surface area (Å²) in [5.41, 5.74) is 4.43. The summed E-state index contributed by atoms with van der Waals surface area (Å²) >= 11 is 0. The molecule has 0 aliphatic carbocycles. The van der Waals surface area contributed by atoms with Crippen molar-refractivity contribution in [3.8, 4) is 0 Å². The van der Waals surface area contributed by atoms with E-state index in [-0.39, 0.29) is 19.5 Å². The number of aryl methyl sites for hydroxylation is 4. The van der Waals surface area contributed by atoms with E-state index in [1.54, 1.807) is 0 Å². The van der Waals surface area contributed by atoms with E-state index >= 15 is 0 Å². The SMILES string of the molecule is CC(=O)[O-].CC(=O)[O-].Cc1cc(C)n(Cn2nc(C)cc2C)n1.[Zn+2]. The number of hydrogen-bond acceptors (Lipinski definition) is 6. The van der Waals surface area contributed by atoms with Crippen LogP contribution in [0.2, 0.25) is 0 Å². The van der Waals surface area contributed by atoms with Crippen LogP contribution in [0.5, 0.6) is 0 Å². The van der Waals surface area contributed by atoms with Crippen molar-refractivity contribution in [2.24, 2.45) is 0 Å². The van der Waals surface area contributed by atoms with Crippen LogP contribution in [0.25, 0.3) is 0 Å². The molecule has 2 aromatic heterocycles. The third-order valence-electron chi connectivity index (χ3n) is 2.47. The van der Waals surface area contributed by atoms with Gasteiger partial charge in [-0.3, -0.25) is 0 Å². The summed E-state index contributed by atoms with van der Waals surface area (Å²) in [6.07, 6.45) is 0. The average molecular weight is 388 g/mol. The summed E-state index contributed by atoms with van der Waals surface area (Å²) in [6.45, 7) is 10.8. The van der Waals surface area contributed by atoms with Crippen LogP contribution in [0.4, 0.5) is 0 Å². The van der Waals surface area contributed by atoms with Crippen LogP contribution in [-0.4, -0.2) is 31.5 Å². The fourth-order valence-electron chi connectivity index (χ4n) is 1.76. The van der Waals surface area contributed by atoms with E-state index in [1.165, 1.54) is 11.4 Å².